The van der Waals surface area contributed by atoms with E-state index in [0.717, 1.165) is 16.6 Å². The number of hydrogen-bond acceptors (Lipinski definition) is 3. The first-order valence-electron chi connectivity index (χ1n) is 5.43. The molecular weight excluding hydrogens is 298 g/mol. The van der Waals surface area contributed by atoms with Crippen molar-refractivity contribution in [3.05, 3.63) is 50.6 Å². The lowest BCUT2D eigenvalue weighted by Crippen LogP contribution is -2.02. The predicted molar refractivity (Wildman–Crippen MR) is 75.6 cm³/mol. The largest absolute Gasteiger partial charge is 0.488 e. The normalized spacial score (nSPS) is 10.5. The van der Waals surface area contributed by atoms with Crippen LogP contribution in [0.5, 0.6) is 5.75 Å². The molecular formula is C13H14BrNOS. The molecule has 0 unspecified atom stereocenters. The molecule has 2 N–H and O–H groups in total. The number of hydrogen-bond donors (Lipinski definition) is 1. The fourth-order valence-electron chi connectivity index (χ4n) is 1.50. The maximum absolute atomic E-state index is 5.71. The van der Waals surface area contributed by atoms with Gasteiger partial charge >= 0.3 is 0 Å². The third-order valence-electron chi connectivity index (χ3n) is 2.42. The fourth-order valence-corrected chi connectivity index (χ4v) is 2.87. The molecule has 0 aliphatic carbocycles. The smallest absolute Gasteiger partial charge is 0.124 e. The molecule has 0 atom stereocenters. The highest BCUT2D eigenvalue weighted by molar-refractivity contribution is 9.10. The number of benzene rings is 1. The van der Waals surface area contributed by atoms with Crippen LogP contribution >= 0.6 is 27.3 Å². The zero-order chi connectivity index (χ0) is 12.1. The van der Waals surface area contributed by atoms with E-state index in [2.05, 4.69) is 28.1 Å². The van der Waals surface area contributed by atoms with E-state index in [1.807, 2.05) is 23.6 Å². The molecule has 4 heteroatoms. The first-order valence-corrected chi connectivity index (χ1v) is 7.10. The zero-order valence-electron chi connectivity index (χ0n) is 9.36. The Bertz CT molecular complexity index is 467. The van der Waals surface area contributed by atoms with E-state index in [-0.39, 0.29) is 0 Å². The average Bonchev–Trinajstić information content (AvgIpc) is 2.75. The van der Waals surface area contributed by atoms with E-state index < -0.39 is 0 Å². The van der Waals surface area contributed by atoms with E-state index in [1.54, 1.807) is 11.3 Å². The Morgan fingerprint density at radius 2 is 1.94 bits per heavy atom. The van der Waals surface area contributed by atoms with E-state index in [1.165, 1.54) is 10.4 Å². The summed E-state index contributed by atoms with van der Waals surface area (Å²) in [6, 6.07) is 10.1. The molecule has 2 rings (SSSR count). The minimum atomic E-state index is 0.606. The zero-order valence-corrected chi connectivity index (χ0v) is 11.8. The van der Waals surface area contributed by atoms with Crippen molar-refractivity contribution in [3.8, 4) is 5.75 Å². The Balaban J connectivity index is 1.93. The summed E-state index contributed by atoms with van der Waals surface area (Å²) in [4.78, 5) is 1.20. The molecule has 0 saturated heterocycles. The summed E-state index contributed by atoms with van der Waals surface area (Å²) in [7, 11) is 0. The summed E-state index contributed by atoms with van der Waals surface area (Å²) in [6.07, 6.45) is 0.913. The van der Waals surface area contributed by atoms with Crippen molar-refractivity contribution < 1.29 is 4.74 Å². The van der Waals surface area contributed by atoms with Gasteiger partial charge in [-0.2, -0.15) is 0 Å². The Hall–Kier alpha value is -0.840. The van der Waals surface area contributed by atoms with Crippen molar-refractivity contribution in [3.63, 3.8) is 0 Å². The van der Waals surface area contributed by atoms with Crippen LogP contribution in [0.2, 0.25) is 0 Å². The lowest BCUT2D eigenvalue weighted by molar-refractivity contribution is 0.309. The van der Waals surface area contributed by atoms with Crippen LogP contribution < -0.4 is 10.5 Å². The Labute approximate surface area is 114 Å². The first-order chi connectivity index (χ1) is 8.29. The molecule has 0 saturated carbocycles. The van der Waals surface area contributed by atoms with Gasteiger partial charge in [0.1, 0.15) is 12.4 Å². The summed E-state index contributed by atoms with van der Waals surface area (Å²) in [5, 5.41) is 2.05. The molecule has 1 aromatic carbocycles. The molecule has 17 heavy (non-hydrogen) atoms. The summed E-state index contributed by atoms with van der Waals surface area (Å²) >= 11 is 5.18. The molecule has 2 nitrogen and oxygen atoms in total. The molecule has 1 heterocycles. The molecule has 0 fully saturated rings. The highest BCUT2D eigenvalue weighted by Gasteiger charge is 2.02. The first kappa shape index (κ1) is 12.6. The standard InChI is InChI=1S/C13H14BrNOS/c14-12-6-8-17-13(12)9-16-11-3-1-10(2-4-11)5-7-15/h1-4,6,8H,5,7,9,15H2. The van der Waals surface area contributed by atoms with Gasteiger partial charge in [-0.25, -0.2) is 0 Å². The maximum Gasteiger partial charge on any atom is 0.124 e. The lowest BCUT2D eigenvalue weighted by Gasteiger charge is -2.06. The van der Waals surface area contributed by atoms with Crippen molar-refractivity contribution >= 4 is 27.3 Å². The highest BCUT2D eigenvalue weighted by atomic mass is 79.9. The molecule has 0 spiro atoms. The van der Waals surface area contributed by atoms with Gasteiger partial charge in [-0.3, -0.25) is 0 Å². The number of nitrogens with two attached hydrogens (primary N) is 1. The SMILES string of the molecule is NCCc1ccc(OCc2sccc2Br)cc1. The summed E-state index contributed by atoms with van der Waals surface area (Å²) in [6.45, 7) is 1.29. The van der Waals surface area contributed by atoms with Gasteiger partial charge in [-0.1, -0.05) is 12.1 Å². The third kappa shape index (κ3) is 3.56. The van der Waals surface area contributed by atoms with Gasteiger partial charge in [-0.15, -0.1) is 11.3 Å². The van der Waals surface area contributed by atoms with Crippen LogP contribution in [0.4, 0.5) is 0 Å². The van der Waals surface area contributed by atoms with Gasteiger partial charge in [-0.05, 0) is 58.0 Å². The van der Waals surface area contributed by atoms with Gasteiger partial charge in [0.25, 0.3) is 0 Å². The molecule has 0 radical (unpaired) electrons. The van der Waals surface area contributed by atoms with E-state index in [0.29, 0.717) is 13.2 Å². The number of rotatable bonds is 5. The van der Waals surface area contributed by atoms with Gasteiger partial charge in [0, 0.05) is 4.47 Å². The highest BCUT2D eigenvalue weighted by Crippen LogP contribution is 2.24. The van der Waals surface area contributed by atoms with Crippen LogP contribution in [0.15, 0.2) is 40.2 Å². The van der Waals surface area contributed by atoms with Gasteiger partial charge in [0.2, 0.25) is 0 Å². The van der Waals surface area contributed by atoms with Crippen LogP contribution in [0.3, 0.4) is 0 Å². The van der Waals surface area contributed by atoms with Crippen LogP contribution in [0, 0.1) is 0 Å². The number of ether oxygens (including phenoxy) is 1. The molecule has 0 bridgehead atoms. The van der Waals surface area contributed by atoms with Crippen LogP contribution in [-0.4, -0.2) is 6.54 Å². The third-order valence-corrected chi connectivity index (χ3v) is 4.32. The van der Waals surface area contributed by atoms with Crippen LogP contribution in [0.25, 0.3) is 0 Å². The fraction of sp³-hybridized carbons (Fsp3) is 0.231. The molecule has 2 aromatic rings. The van der Waals surface area contributed by atoms with Crippen molar-refractivity contribution in [2.45, 2.75) is 13.0 Å². The lowest BCUT2D eigenvalue weighted by atomic mass is 10.1. The Morgan fingerprint density at radius 1 is 1.18 bits per heavy atom. The monoisotopic (exact) mass is 311 g/mol. The minimum Gasteiger partial charge on any atom is -0.488 e. The Kier molecular flexibility index (Phi) is 4.59. The topological polar surface area (TPSA) is 35.2 Å². The van der Waals surface area contributed by atoms with Gasteiger partial charge in [0.15, 0.2) is 0 Å². The molecule has 0 aliphatic rings. The summed E-state index contributed by atoms with van der Waals surface area (Å²) in [5.41, 5.74) is 6.75. The molecule has 0 amide bonds. The second kappa shape index (κ2) is 6.19. The van der Waals surface area contributed by atoms with Crippen molar-refractivity contribution in [2.75, 3.05) is 6.54 Å². The van der Waals surface area contributed by atoms with Crippen LogP contribution in [0.1, 0.15) is 10.4 Å². The Morgan fingerprint density at radius 3 is 2.53 bits per heavy atom. The van der Waals surface area contributed by atoms with Crippen molar-refractivity contribution in [1.29, 1.82) is 0 Å². The van der Waals surface area contributed by atoms with Crippen LogP contribution in [-0.2, 0) is 13.0 Å². The maximum atomic E-state index is 5.71. The van der Waals surface area contributed by atoms with E-state index >= 15 is 0 Å². The number of halogens is 1. The average molecular weight is 312 g/mol. The second-order valence-corrected chi connectivity index (χ2v) is 5.52. The van der Waals surface area contributed by atoms with Gasteiger partial charge < -0.3 is 10.5 Å². The quantitative estimate of drug-likeness (QED) is 0.916. The van der Waals surface area contributed by atoms with Gasteiger partial charge in [0.05, 0.1) is 4.88 Å². The summed E-state index contributed by atoms with van der Waals surface area (Å²) in [5.74, 6) is 0.895. The minimum absolute atomic E-state index is 0.606. The predicted octanol–water partition coefficient (Wildman–Crippen LogP) is 3.59. The van der Waals surface area contributed by atoms with E-state index in [4.69, 9.17) is 10.5 Å². The molecule has 1 aromatic heterocycles. The summed E-state index contributed by atoms with van der Waals surface area (Å²) < 4.78 is 6.83. The number of thiophene rings is 1. The second-order valence-electron chi connectivity index (χ2n) is 3.66. The van der Waals surface area contributed by atoms with E-state index in [9.17, 15) is 0 Å². The molecule has 0 aliphatic heterocycles. The van der Waals surface area contributed by atoms with Crippen molar-refractivity contribution in [1.82, 2.24) is 0 Å². The molecule has 90 valence electrons. The van der Waals surface area contributed by atoms with Crippen molar-refractivity contribution in [2.24, 2.45) is 5.73 Å².